The zero-order chi connectivity index (χ0) is 18.6. The lowest BCUT2D eigenvalue weighted by molar-refractivity contribution is -0.119. The number of benzene rings is 1. The Bertz CT molecular complexity index is 854. The normalized spacial score (nSPS) is 18.0. The van der Waals surface area contributed by atoms with Gasteiger partial charge in [0.25, 0.3) is 0 Å². The van der Waals surface area contributed by atoms with E-state index in [-0.39, 0.29) is 11.7 Å². The van der Waals surface area contributed by atoms with Crippen LogP contribution < -0.4 is 5.32 Å². The predicted molar refractivity (Wildman–Crippen MR) is 99.9 cm³/mol. The van der Waals surface area contributed by atoms with Gasteiger partial charge in [-0.2, -0.15) is 4.31 Å². The topological polar surface area (TPSA) is 92.3 Å². The third kappa shape index (κ3) is 4.08. The van der Waals surface area contributed by atoms with Gasteiger partial charge in [0.2, 0.25) is 15.9 Å². The Morgan fingerprint density at radius 2 is 1.92 bits per heavy atom. The number of hydrogen-bond acceptors (Lipinski definition) is 5. The molecular weight excluding hydrogens is 352 g/mol. The van der Waals surface area contributed by atoms with Gasteiger partial charge >= 0.3 is 0 Å². The third-order valence-electron chi connectivity index (χ3n) is 4.28. The van der Waals surface area contributed by atoms with E-state index in [1.807, 2.05) is 37.3 Å². The van der Waals surface area contributed by atoms with E-state index in [1.165, 1.54) is 16.7 Å². The van der Waals surface area contributed by atoms with Gasteiger partial charge in [-0.25, -0.2) is 18.4 Å². The number of hydrogen-bond donors (Lipinski definition) is 1. The first-order chi connectivity index (χ1) is 12.5. The number of amides is 1. The second-order valence-electron chi connectivity index (χ2n) is 6.24. The van der Waals surface area contributed by atoms with Crippen LogP contribution in [0.1, 0.15) is 26.2 Å². The lowest BCUT2D eigenvalue weighted by Crippen LogP contribution is -2.44. The van der Waals surface area contributed by atoms with Crippen LogP contribution in [0.5, 0.6) is 0 Å². The number of rotatable bonds is 6. The van der Waals surface area contributed by atoms with Crippen molar-refractivity contribution in [1.29, 1.82) is 0 Å². The van der Waals surface area contributed by atoms with E-state index < -0.39 is 16.1 Å². The van der Waals surface area contributed by atoms with Crippen LogP contribution in [0.25, 0.3) is 11.4 Å². The number of aromatic nitrogens is 2. The number of nitrogens with zero attached hydrogens (tertiary/aromatic N) is 3. The molecule has 1 atom stereocenters. The second kappa shape index (κ2) is 7.92. The SMILES string of the molecule is CCCS(=O)(=O)N1CCCC1C(=O)Nc1cnc(-c2ccccc2)nc1. The molecule has 26 heavy (non-hydrogen) atoms. The van der Waals surface area contributed by atoms with Crippen molar-refractivity contribution in [2.45, 2.75) is 32.2 Å². The molecule has 1 aromatic carbocycles. The summed E-state index contributed by atoms with van der Waals surface area (Å²) in [5, 5.41) is 2.74. The van der Waals surface area contributed by atoms with Crippen LogP contribution in [-0.4, -0.2) is 46.9 Å². The first-order valence-electron chi connectivity index (χ1n) is 8.69. The second-order valence-corrected chi connectivity index (χ2v) is 8.28. The molecule has 7 nitrogen and oxygen atoms in total. The average molecular weight is 374 g/mol. The number of carbonyl (C=O) groups excluding carboxylic acids is 1. The highest BCUT2D eigenvalue weighted by Crippen LogP contribution is 2.23. The summed E-state index contributed by atoms with van der Waals surface area (Å²) in [5.74, 6) is 0.293. The quantitative estimate of drug-likeness (QED) is 0.837. The maximum Gasteiger partial charge on any atom is 0.242 e. The smallest absolute Gasteiger partial charge is 0.242 e. The number of carbonyl (C=O) groups is 1. The average Bonchev–Trinajstić information content (AvgIpc) is 3.14. The molecule has 1 aliphatic rings. The predicted octanol–water partition coefficient (Wildman–Crippen LogP) is 2.29. The fourth-order valence-corrected chi connectivity index (χ4v) is 4.81. The highest BCUT2D eigenvalue weighted by molar-refractivity contribution is 7.89. The van der Waals surface area contributed by atoms with E-state index >= 15 is 0 Å². The Hall–Kier alpha value is -2.32. The van der Waals surface area contributed by atoms with E-state index in [4.69, 9.17) is 0 Å². The maximum absolute atomic E-state index is 12.6. The first-order valence-corrected chi connectivity index (χ1v) is 10.3. The summed E-state index contributed by atoms with van der Waals surface area (Å²) in [6.07, 6.45) is 4.81. The molecule has 0 radical (unpaired) electrons. The standard InChI is InChI=1S/C18H22N4O3S/c1-2-11-26(24,25)22-10-6-9-16(22)18(23)21-15-12-19-17(20-13-15)14-7-4-3-5-8-14/h3-5,7-8,12-13,16H,2,6,9-11H2,1H3,(H,21,23). The van der Waals surface area contributed by atoms with Gasteiger partial charge in [0, 0.05) is 12.1 Å². The summed E-state index contributed by atoms with van der Waals surface area (Å²) in [6, 6.07) is 8.86. The minimum atomic E-state index is -3.40. The number of nitrogens with one attached hydrogen (secondary N) is 1. The van der Waals surface area contributed by atoms with Gasteiger partial charge in [-0.15, -0.1) is 0 Å². The first kappa shape index (κ1) is 18.5. The molecule has 0 saturated carbocycles. The van der Waals surface area contributed by atoms with Gasteiger partial charge in [-0.3, -0.25) is 4.79 Å². The lowest BCUT2D eigenvalue weighted by Gasteiger charge is -2.23. The zero-order valence-corrected chi connectivity index (χ0v) is 15.4. The van der Waals surface area contributed by atoms with E-state index in [1.54, 1.807) is 0 Å². The highest BCUT2D eigenvalue weighted by Gasteiger charge is 2.38. The minimum Gasteiger partial charge on any atom is -0.322 e. The monoisotopic (exact) mass is 374 g/mol. The van der Waals surface area contributed by atoms with E-state index in [9.17, 15) is 13.2 Å². The van der Waals surface area contributed by atoms with Crippen LogP contribution in [0.4, 0.5) is 5.69 Å². The molecule has 2 heterocycles. The molecule has 0 aliphatic carbocycles. The fourth-order valence-electron chi connectivity index (χ4n) is 3.06. The van der Waals surface area contributed by atoms with Crippen molar-refractivity contribution in [3.63, 3.8) is 0 Å². The molecule has 1 amide bonds. The molecule has 1 unspecified atom stereocenters. The molecule has 8 heteroatoms. The summed E-state index contributed by atoms with van der Waals surface area (Å²) in [5.41, 5.74) is 1.34. The van der Waals surface area contributed by atoms with Crippen LogP contribution in [0.15, 0.2) is 42.7 Å². The van der Waals surface area contributed by atoms with E-state index in [2.05, 4.69) is 15.3 Å². The van der Waals surface area contributed by atoms with Crippen LogP contribution in [0.3, 0.4) is 0 Å². The Morgan fingerprint density at radius 1 is 1.23 bits per heavy atom. The zero-order valence-electron chi connectivity index (χ0n) is 14.6. The van der Waals surface area contributed by atoms with E-state index in [0.29, 0.717) is 37.3 Å². The van der Waals surface area contributed by atoms with Crippen LogP contribution in [0, 0.1) is 0 Å². The molecular formula is C18H22N4O3S. The summed E-state index contributed by atoms with van der Waals surface area (Å²) >= 11 is 0. The Balaban J connectivity index is 1.69. The van der Waals surface area contributed by atoms with Crippen molar-refractivity contribution in [1.82, 2.24) is 14.3 Å². The van der Waals surface area contributed by atoms with Crippen molar-refractivity contribution in [3.8, 4) is 11.4 Å². The highest BCUT2D eigenvalue weighted by atomic mass is 32.2. The maximum atomic E-state index is 12.6. The largest absolute Gasteiger partial charge is 0.322 e. The molecule has 0 bridgehead atoms. The van der Waals surface area contributed by atoms with E-state index in [0.717, 1.165) is 5.56 Å². The third-order valence-corrected chi connectivity index (χ3v) is 6.35. The van der Waals surface area contributed by atoms with Crippen molar-refractivity contribution in [2.24, 2.45) is 0 Å². The summed E-state index contributed by atoms with van der Waals surface area (Å²) < 4.78 is 26.0. The summed E-state index contributed by atoms with van der Waals surface area (Å²) in [4.78, 5) is 21.1. The van der Waals surface area contributed by atoms with Gasteiger partial charge < -0.3 is 5.32 Å². The Morgan fingerprint density at radius 3 is 2.58 bits per heavy atom. The molecule has 138 valence electrons. The Labute approximate surface area is 153 Å². The molecule has 1 aromatic heterocycles. The number of anilines is 1. The molecule has 2 aromatic rings. The van der Waals surface area contributed by atoms with Gasteiger partial charge in [0.05, 0.1) is 23.8 Å². The van der Waals surface area contributed by atoms with Crippen LogP contribution in [-0.2, 0) is 14.8 Å². The van der Waals surface area contributed by atoms with Gasteiger partial charge in [0.15, 0.2) is 5.82 Å². The van der Waals surface area contributed by atoms with Crippen molar-refractivity contribution in [2.75, 3.05) is 17.6 Å². The van der Waals surface area contributed by atoms with Gasteiger partial charge in [-0.1, -0.05) is 37.3 Å². The molecule has 3 rings (SSSR count). The fraction of sp³-hybridized carbons (Fsp3) is 0.389. The van der Waals surface area contributed by atoms with Crippen molar-refractivity contribution in [3.05, 3.63) is 42.7 Å². The van der Waals surface area contributed by atoms with Crippen LogP contribution >= 0.6 is 0 Å². The number of sulfonamides is 1. The van der Waals surface area contributed by atoms with Crippen molar-refractivity contribution >= 4 is 21.6 Å². The lowest BCUT2D eigenvalue weighted by atomic mass is 10.2. The summed E-state index contributed by atoms with van der Waals surface area (Å²) in [6.45, 7) is 2.21. The molecule has 0 spiro atoms. The van der Waals surface area contributed by atoms with Gasteiger partial charge in [-0.05, 0) is 19.3 Å². The Kier molecular flexibility index (Phi) is 5.63. The van der Waals surface area contributed by atoms with Crippen molar-refractivity contribution < 1.29 is 13.2 Å². The molecule has 1 N–H and O–H groups in total. The summed E-state index contributed by atoms with van der Waals surface area (Å²) in [7, 11) is -3.40. The minimum absolute atomic E-state index is 0.0612. The van der Waals surface area contributed by atoms with Gasteiger partial charge in [0.1, 0.15) is 6.04 Å². The molecule has 1 saturated heterocycles. The van der Waals surface area contributed by atoms with Crippen LogP contribution in [0.2, 0.25) is 0 Å². The molecule has 1 aliphatic heterocycles. The molecule has 1 fully saturated rings.